The van der Waals surface area contributed by atoms with Crippen LogP contribution in [0.25, 0.3) is 0 Å². The normalized spacial score (nSPS) is 19.5. The van der Waals surface area contributed by atoms with E-state index in [1.807, 2.05) is 22.4 Å². The Bertz CT molecular complexity index is 1150. The lowest BCUT2D eigenvalue weighted by molar-refractivity contribution is -0.138. The van der Waals surface area contributed by atoms with Gasteiger partial charge in [-0.3, -0.25) is 9.59 Å². The summed E-state index contributed by atoms with van der Waals surface area (Å²) >= 11 is 1.41. The molecule has 0 bridgehead atoms. The fourth-order valence-corrected chi connectivity index (χ4v) is 5.55. The summed E-state index contributed by atoms with van der Waals surface area (Å²) in [5.41, 5.74) is 2.41. The first-order valence-corrected chi connectivity index (χ1v) is 12.4. The molecule has 1 saturated heterocycles. The number of methoxy groups -OCH3 is 3. The number of nitrogens with zero attached hydrogens (tertiary/aromatic N) is 4. The molecule has 192 valence electrons. The lowest BCUT2D eigenvalue weighted by Gasteiger charge is -2.37. The molecule has 0 radical (unpaired) electrons. The Morgan fingerprint density at radius 1 is 1.00 bits per heavy atom. The number of benzene rings is 1. The maximum absolute atomic E-state index is 13.2. The lowest BCUT2D eigenvalue weighted by Crippen LogP contribution is -2.50. The summed E-state index contributed by atoms with van der Waals surface area (Å²) in [6.07, 6.45) is 0.136. The summed E-state index contributed by atoms with van der Waals surface area (Å²) in [7, 11) is 4.47. The van der Waals surface area contributed by atoms with Crippen LogP contribution in [0.2, 0.25) is 0 Å². The molecule has 0 saturated carbocycles. The number of aliphatic imine (C=N–C) groups is 1. The number of hydrogen-bond donors (Lipinski definition) is 0. The van der Waals surface area contributed by atoms with E-state index in [4.69, 9.17) is 14.2 Å². The van der Waals surface area contributed by atoms with Crippen molar-refractivity contribution in [3.05, 3.63) is 46.1 Å². The highest BCUT2D eigenvalue weighted by Crippen LogP contribution is 2.46. The first-order valence-electron chi connectivity index (χ1n) is 11.6. The molecule has 1 fully saturated rings. The van der Waals surface area contributed by atoms with Gasteiger partial charge in [0.1, 0.15) is 11.5 Å². The van der Waals surface area contributed by atoms with Crippen molar-refractivity contribution in [2.45, 2.75) is 26.3 Å². The van der Waals surface area contributed by atoms with Gasteiger partial charge in [0, 0.05) is 44.9 Å². The number of ether oxygens (including phenoxy) is 3. The topological polar surface area (TPSA) is 101 Å². The maximum atomic E-state index is 13.2. The van der Waals surface area contributed by atoms with Crippen molar-refractivity contribution in [3.63, 3.8) is 0 Å². The van der Waals surface area contributed by atoms with E-state index in [-0.39, 0.29) is 18.2 Å². The van der Waals surface area contributed by atoms with Crippen molar-refractivity contribution in [2.24, 2.45) is 4.99 Å². The minimum absolute atomic E-state index is 0.0141. The highest BCUT2D eigenvalue weighted by molar-refractivity contribution is 8.16. The number of fused-ring (bicyclic) bond motifs is 1. The molecule has 1 atom stereocenters. The van der Waals surface area contributed by atoms with Crippen LogP contribution in [0.1, 0.15) is 31.9 Å². The second kappa shape index (κ2) is 10.7. The SMILES string of the molecule is COC(=O)C1=C(C)N=C2SC=C(CC(=O)N3CCN(C(C)=O)CC3)N2C1c1cc(OC)cc(OC)c1. The van der Waals surface area contributed by atoms with E-state index >= 15 is 0 Å². The van der Waals surface area contributed by atoms with E-state index in [9.17, 15) is 14.4 Å². The van der Waals surface area contributed by atoms with E-state index in [2.05, 4.69) is 4.99 Å². The molecule has 10 nitrogen and oxygen atoms in total. The molecular weight excluding hydrogens is 484 g/mol. The average Bonchev–Trinajstić information content (AvgIpc) is 3.28. The maximum Gasteiger partial charge on any atom is 0.338 e. The molecule has 3 aliphatic heterocycles. The third kappa shape index (κ3) is 4.92. The number of thioether (sulfide) groups is 1. The Kier molecular flexibility index (Phi) is 7.58. The van der Waals surface area contributed by atoms with Crippen LogP contribution in [0.4, 0.5) is 0 Å². The van der Waals surface area contributed by atoms with Gasteiger partial charge in [-0.2, -0.15) is 0 Å². The van der Waals surface area contributed by atoms with Gasteiger partial charge in [-0.1, -0.05) is 11.8 Å². The fourth-order valence-electron chi connectivity index (χ4n) is 4.58. The van der Waals surface area contributed by atoms with E-state index < -0.39 is 12.0 Å². The molecule has 0 aromatic heterocycles. The van der Waals surface area contributed by atoms with Crippen LogP contribution in [-0.2, 0) is 19.1 Å². The van der Waals surface area contributed by atoms with Gasteiger partial charge in [-0.15, -0.1) is 0 Å². The molecular formula is C25H30N4O6S. The van der Waals surface area contributed by atoms with Crippen molar-refractivity contribution in [1.29, 1.82) is 0 Å². The van der Waals surface area contributed by atoms with Crippen molar-refractivity contribution in [3.8, 4) is 11.5 Å². The van der Waals surface area contributed by atoms with Gasteiger partial charge in [0.05, 0.1) is 45.1 Å². The molecule has 2 amide bonds. The van der Waals surface area contributed by atoms with Crippen LogP contribution in [0.3, 0.4) is 0 Å². The summed E-state index contributed by atoms with van der Waals surface area (Å²) in [6.45, 7) is 5.33. The molecule has 3 heterocycles. The minimum atomic E-state index is -0.586. The number of rotatable bonds is 6. The molecule has 4 rings (SSSR count). The Labute approximate surface area is 214 Å². The summed E-state index contributed by atoms with van der Waals surface area (Å²) in [5.74, 6) is 0.628. The van der Waals surface area contributed by atoms with E-state index in [0.29, 0.717) is 54.1 Å². The first kappa shape index (κ1) is 25.6. The average molecular weight is 515 g/mol. The van der Waals surface area contributed by atoms with Crippen LogP contribution < -0.4 is 9.47 Å². The zero-order valence-corrected chi connectivity index (χ0v) is 21.9. The lowest BCUT2D eigenvalue weighted by atomic mass is 9.93. The van der Waals surface area contributed by atoms with Crippen molar-refractivity contribution >= 4 is 34.7 Å². The number of amidine groups is 1. The largest absolute Gasteiger partial charge is 0.497 e. The predicted octanol–water partition coefficient (Wildman–Crippen LogP) is 2.53. The van der Waals surface area contributed by atoms with Crippen molar-refractivity contribution in [1.82, 2.24) is 14.7 Å². The molecule has 1 unspecified atom stereocenters. The quantitative estimate of drug-likeness (QED) is 0.534. The summed E-state index contributed by atoms with van der Waals surface area (Å²) < 4.78 is 16.1. The first-order chi connectivity index (χ1) is 17.3. The number of carbonyl (C=O) groups is 3. The highest BCUT2D eigenvalue weighted by Gasteiger charge is 2.41. The summed E-state index contributed by atoms with van der Waals surface area (Å²) in [6, 6.07) is 4.86. The van der Waals surface area contributed by atoms with Crippen LogP contribution in [-0.4, -0.2) is 85.2 Å². The number of piperazine rings is 1. The predicted molar refractivity (Wildman–Crippen MR) is 135 cm³/mol. The molecule has 1 aromatic carbocycles. The smallest absolute Gasteiger partial charge is 0.338 e. The van der Waals surface area contributed by atoms with Gasteiger partial charge in [0.2, 0.25) is 11.8 Å². The van der Waals surface area contributed by atoms with E-state index in [1.165, 1.54) is 25.8 Å². The van der Waals surface area contributed by atoms with Crippen molar-refractivity contribution in [2.75, 3.05) is 47.5 Å². The van der Waals surface area contributed by atoms with Gasteiger partial charge < -0.3 is 28.9 Å². The van der Waals surface area contributed by atoms with Crippen LogP contribution in [0.15, 0.2) is 45.6 Å². The molecule has 11 heteroatoms. The Balaban J connectivity index is 1.67. The molecule has 1 aromatic rings. The van der Waals surface area contributed by atoms with Gasteiger partial charge in [-0.25, -0.2) is 9.79 Å². The molecule has 0 spiro atoms. The third-order valence-electron chi connectivity index (χ3n) is 6.51. The zero-order valence-electron chi connectivity index (χ0n) is 21.1. The number of hydrogen-bond acceptors (Lipinski definition) is 9. The summed E-state index contributed by atoms with van der Waals surface area (Å²) in [5, 5.41) is 2.58. The van der Waals surface area contributed by atoms with Crippen LogP contribution >= 0.6 is 11.8 Å². The fraction of sp³-hybridized carbons (Fsp3) is 0.440. The van der Waals surface area contributed by atoms with Gasteiger partial charge in [0.25, 0.3) is 0 Å². The standard InChI is InChI=1S/C25H30N4O6S/c1-15-22(24(32)35-5)23(17-10-19(33-3)13-20(11-17)34-4)29-18(14-36-25(29)26-15)12-21(31)28-8-6-27(7-9-28)16(2)30/h10-11,13-14,23H,6-9,12H2,1-5H3. The van der Waals surface area contributed by atoms with Gasteiger partial charge in [0.15, 0.2) is 5.17 Å². The third-order valence-corrected chi connectivity index (χ3v) is 7.39. The van der Waals surface area contributed by atoms with E-state index in [0.717, 1.165) is 11.3 Å². The Hall–Kier alpha value is -3.47. The Morgan fingerprint density at radius 3 is 2.17 bits per heavy atom. The minimum Gasteiger partial charge on any atom is -0.497 e. The van der Waals surface area contributed by atoms with Crippen LogP contribution in [0.5, 0.6) is 11.5 Å². The van der Waals surface area contributed by atoms with Gasteiger partial charge >= 0.3 is 5.97 Å². The van der Waals surface area contributed by atoms with Crippen molar-refractivity contribution < 1.29 is 28.6 Å². The molecule has 0 aliphatic carbocycles. The highest BCUT2D eigenvalue weighted by atomic mass is 32.2. The van der Waals surface area contributed by atoms with Gasteiger partial charge in [-0.05, 0) is 30.0 Å². The second-order valence-corrected chi connectivity index (χ2v) is 9.43. The van der Waals surface area contributed by atoms with Crippen LogP contribution in [0, 0.1) is 0 Å². The number of amides is 2. The second-order valence-electron chi connectivity index (χ2n) is 8.59. The monoisotopic (exact) mass is 514 g/mol. The van der Waals surface area contributed by atoms with E-state index in [1.54, 1.807) is 37.0 Å². The number of allylic oxidation sites excluding steroid dienone is 1. The molecule has 3 aliphatic rings. The number of esters is 1. The number of carbonyl (C=O) groups excluding carboxylic acids is 3. The zero-order chi connectivity index (χ0) is 26.0. The summed E-state index contributed by atoms with van der Waals surface area (Å²) in [4.78, 5) is 47.9. The molecule has 0 N–H and O–H groups in total. The molecule has 36 heavy (non-hydrogen) atoms. The Morgan fingerprint density at radius 2 is 1.61 bits per heavy atom.